The van der Waals surface area contributed by atoms with Crippen molar-refractivity contribution in [1.82, 2.24) is 0 Å². The van der Waals surface area contributed by atoms with Crippen molar-refractivity contribution in [2.75, 3.05) is 6.61 Å². The van der Waals surface area contributed by atoms with Gasteiger partial charge in [0.05, 0.1) is 6.61 Å². The lowest BCUT2D eigenvalue weighted by Crippen LogP contribution is -2.10. The summed E-state index contributed by atoms with van der Waals surface area (Å²) in [6, 6.07) is 10.8. The zero-order chi connectivity index (χ0) is 19.9. The lowest BCUT2D eigenvalue weighted by atomic mass is 9.90. The number of benzene rings is 2. The molecule has 4 nitrogen and oxygen atoms in total. The quantitative estimate of drug-likeness (QED) is 0.732. The first-order valence-corrected chi connectivity index (χ1v) is 10.2. The number of carbonyl (C=O) groups excluding carboxylic acids is 2. The zero-order valence-corrected chi connectivity index (χ0v) is 16.5. The molecule has 0 aliphatic heterocycles. The predicted molar refractivity (Wildman–Crippen MR) is 109 cm³/mol. The lowest BCUT2D eigenvalue weighted by molar-refractivity contribution is 0.0964. The van der Waals surface area contributed by atoms with Gasteiger partial charge in [-0.15, -0.1) is 0 Å². The van der Waals surface area contributed by atoms with Crippen LogP contribution < -0.4 is 4.74 Å². The van der Waals surface area contributed by atoms with E-state index in [1.807, 2.05) is 18.2 Å². The van der Waals surface area contributed by atoms with E-state index >= 15 is 0 Å². The maximum atomic E-state index is 11.6. The van der Waals surface area contributed by atoms with Gasteiger partial charge in [-0.2, -0.15) is 0 Å². The first-order valence-electron chi connectivity index (χ1n) is 10.2. The van der Waals surface area contributed by atoms with Gasteiger partial charge in [-0.25, -0.2) is 0 Å². The molecule has 0 radical (unpaired) electrons. The van der Waals surface area contributed by atoms with Gasteiger partial charge in [0.1, 0.15) is 11.5 Å². The highest BCUT2D eigenvalue weighted by molar-refractivity contribution is 5.99. The van der Waals surface area contributed by atoms with Crippen molar-refractivity contribution in [3.8, 4) is 11.5 Å². The number of ether oxygens (including phenoxy) is 1. The Hall–Kier alpha value is -2.62. The SMILES string of the molecule is CCCCOc1ccc2c(c1)CCCC2=O.O=C1CCCc2cc(O)ccc21. The summed E-state index contributed by atoms with van der Waals surface area (Å²) < 4.78 is 5.64. The molecule has 0 bridgehead atoms. The third-order valence-corrected chi connectivity index (χ3v) is 5.23. The van der Waals surface area contributed by atoms with Gasteiger partial charge in [0.25, 0.3) is 0 Å². The molecule has 0 heterocycles. The molecule has 28 heavy (non-hydrogen) atoms. The molecule has 0 atom stereocenters. The Kier molecular flexibility index (Phi) is 6.85. The van der Waals surface area contributed by atoms with E-state index in [2.05, 4.69) is 6.92 Å². The Bertz CT molecular complexity index is 854. The van der Waals surface area contributed by atoms with Gasteiger partial charge in [-0.05, 0) is 79.6 Å². The fourth-order valence-corrected chi connectivity index (χ4v) is 3.68. The van der Waals surface area contributed by atoms with Crippen molar-refractivity contribution in [2.24, 2.45) is 0 Å². The maximum absolute atomic E-state index is 11.6. The summed E-state index contributed by atoms with van der Waals surface area (Å²) in [5.41, 5.74) is 3.84. The van der Waals surface area contributed by atoms with Crippen LogP contribution in [0.2, 0.25) is 0 Å². The Morgan fingerprint density at radius 2 is 1.46 bits per heavy atom. The van der Waals surface area contributed by atoms with Crippen molar-refractivity contribution in [3.63, 3.8) is 0 Å². The molecular formula is C24H28O4. The number of aryl methyl sites for hydroxylation is 2. The topological polar surface area (TPSA) is 63.6 Å². The second kappa shape index (κ2) is 9.54. The second-order valence-corrected chi connectivity index (χ2v) is 7.42. The maximum Gasteiger partial charge on any atom is 0.163 e. The molecule has 2 aliphatic carbocycles. The summed E-state index contributed by atoms with van der Waals surface area (Å²) in [6.45, 7) is 2.91. The number of phenolic OH excluding ortho intramolecular Hbond substituents is 1. The van der Waals surface area contributed by atoms with Crippen LogP contribution in [0.15, 0.2) is 36.4 Å². The Morgan fingerprint density at radius 3 is 2.11 bits per heavy atom. The molecule has 0 unspecified atom stereocenters. The Morgan fingerprint density at radius 1 is 0.857 bits per heavy atom. The Balaban J connectivity index is 0.000000167. The number of rotatable bonds is 4. The molecule has 0 fully saturated rings. The lowest BCUT2D eigenvalue weighted by Gasteiger charge is -2.15. The predicted octanol–water partition coefficient (Wildman–Crippen LogP) is 5.30. The molecule has 4 heteroatoms. The first kappa shape index (κ1) is 20.1. The number of phenols is 1. The minimum atomic E-state index is 0.205. The summed E-state index contributed by atoms with van der Waals surface area (Å²) in [5, 5.41) is 9.16. The van der Waals surface area contributed by atoms with Gasteiger partial charge in [0, 0.05) is 24.0 Å². The van der Waals surface area contributed by atoms with E-state index in [0.717, 1.165) is 73.1 Å². The molecule has 0 amide bonds. The second-order valence-electron chi connectivity index (χ2n) is 7.42. The van der Waals surface area contributed by atoms with Gasteiger partial charge in [-0.1, -0.05) is 13.3 Å². The summed E-state index contributed by atoms with van der Waals surface area (Å²) in [7, 11) is 0. The smallest absolute Gasteiger partial charge is 0.163 e. The highest BCUT2D eigenvalue weighted by Gasteiger charge is 2.17. The number of aromatic hydroxyl groups is 1. The van der Waals surface area contributed by atoms with Gasteiger partial charge in [0.15, 0.2) is 11.6 Å². The van der Waals surface area contributed by atoms with Gasteiger partial charge in [-0.3, -0.25) is 9.59 Å². The van der Waals surface area contributed by atoms with E-state index in [0.29, 0.717) is 12.8 Å². The van der Waals surface area contributed by atoms with Crippen molar-refractivity contribution in [3.05, 3.63) is 58.7 Å². The van der Waals surface area contributed by atoms with Crippen LogP contribution in [0.3, 0.4) is 0 Å². The largest absolute Gasteiger partial charge is 0.508 e. The monoisotopic (exact) mass is 380 g/mol. The molecular weight excluding hydrogens is 352 g/mol. The molecule has 2 aliphatic rings. The van der Waals surface area contributed by atoms with Crippen LogP contribution in [0.5, 0.6) is 11.5 Å². The van der Waals surface area contributed by atoms with Crippen LogP contribution in [0.4, 0.5) is 0 Å². The zero-order valence-electron chi connectivity index (χ0n) is 16.5. The van der Waals surface area contributed by atoms with Crippen LogP contribution in [-0.2, 0) is 12.8 Å². The molecule has 2 aromatic rings. The van der Waals surface area contributed by atoms with Crippen LogP contribution in [0.25, 0.3) is 0 Å². The van der Waals surface area contributed by atoms with E-state index in [4.69, 9.17) is 9.84 Å². The third-order valence-electron chi connectivity index (χ3n) is 5.23. The first-order chi connectivity index (χ1) is 13.6. The number of fused-ring (bicyclic) bond motifs is 2. The third kappa shape index (κ3) is 5.00. The molecule has 148 valence electrons. The number of Topliss-reactive ketones (excluding diaryl/α,β-unsaturated/α-hetero) is 2. The fourth-order valence-electron chi connectivity index (χ4n) is 3.68. The number of unbranched alkanes of at least 4 members (excludes halogenated alkanes) is 1. The minimum absolute atomic E-state index is 0.205. The van der Waals surface area contributed by atoms with Crippen LogP contribution >= 0.6 is 0 Å². The highest BCUT2D eigenvalue weighted by atomic mass is 16.5. The van der Waals surface area contributed by atoms with Crippen molar-refractivity contribution >= 4 is 11.6 Å². The number of ketones is 2. The standard InChI is InChI=1S/C14H18O2.C10H10O2/c1-2-3-9-16-12-7-8-13-11(10-12)5-4-6-14(13)15;11-8-4-5-9-7(6-8)2-1-3-10(9)12/h7-8,10H,2-6,9H2,1H3;4-6,11H,1-3H2. The van der Waals surface area contributed by atoms with Crippen LogP contribution in [-0.4, -0.2) is 23.3 Å². The number of carbonyl (C=O) groups is 2. The van der Waals surface area contributed by atoms with Crippen molar-refractivity contribution in [2.45, 2.75) is 58.3 Å². The van der Waals surface area contributed by atoms with Gasteiger partial charge < -0.3 is 9.84 Å². The van der Waals surface area contributed by atoms with Gasteiger partial charge in [0.2, 0.25) is 0 Å². The van der Waals surface area contributed by atoms with E-state index in [1.165, 1.54) is 0 Å². The van der Waals surface area contributed by atoms with E-state index in [-0.39, 0.29) is 17.3 Å². The van der Waals surface area contributed by atoms with Crippen molar-refractivity contribution in [1.29, 1.82) is 0 Å². The van der Waals surface area contributed by atoms with E-state index in [1.54, 1.807) is 18.2 Å². The summed E-state index contributed by atoms with van der Waals surface area (Å²) in [6.07, 6.45) is 7.38. The Labute approximate surface area is 166 Å². The molecule has 0 spiro atoms. The summed E-state index contributed by atoms with van der Waals surface area (Å²) >= 11 is 0. The summed E-state index contributed by atoms with van der Waals surface area (Å²) in [4.78, 5) is 22.9. The summed E-state index contributed by atoms with van der Waals surface area (Å²) in [5.74, 6) is 1.64. The fraction of sp³-hybridized carbons (Fsp3) is 0.417. The van der Waals surface area contributed by atoms with Gasteiger partial charge >= 0.3 is 0 Å². The average molecular weight is 380 g/mol. The van der Waals surface area contributed by atoms with Crippen LogP contribution in [0, 0.1) is 0 Å². The minimum Gasteiger partial charge on any atom is -0.508 e. The number of hydrogen-bond donors (Lipinski definition) is 1. The molecule has 4 rings (SSSR count). The van der Waals surface area contributed by atoms with E-state index in [9.17, 15) is 9.59 Å². The molecule has 0 saturated carbocycles. The normalized spacial score (nSPS) is 15.2. The molecule has 0 saturated heterocycles. The molecule has 2 aromatic carbocycles. The highest BCUT2D eigenvalue weighted by Crippen LogP contribution is 2.26. The average Bonchev–Trinajstić information content (AvgIpc) is 2.69. The molecule has 1 N–H and O–H groups in total. The van der Waals surface area contributed by atoms with Crippen molar-refractivity contribution < 1.29 is 19.4 Å². The number of hydrogen-bond acceptors (Lipinski definition) is 4. The molecule has 0 aromatic heterocycles. The van der Waals surface area contributed by atoms with Crippen LogP contribution in [0.1, 0.15) is 77.3 Å². The van der Waals surface area contributed by atoms with E-state index < -0.39 is 0 Å².